The first-order chi connectivity index (χ1) is 11.1. The summed E-state index contributed by atoms with van der Waals surface area (Å²) in [7, 11) is 3.88. The van der Waals surface area contributed by atoms with Gasteiger partial charge in [0.15, 0.2) is 5.76 Å². The number of rotatable bonds is 6. The lowest BCUT2D eigenvalue weighted by atomic mass is 10.1. The highest BCUT2D eigenvalue weighted by Gasteiger charge is 2.17. The van der Waals surface area contributed by atoms with Crippen LogP contribution in [0.3, 0.4) is 0 Å². The molecule has 1 heterocycles. The molecule has 0 spiro atoms. The first-order valence-corrected chi connectivity index (χ1v) is 8.40. The number of hydrogen-bond donors (Lipinski definition) is 2. The summed E-state index contributed by atoms with van der Waals surface area (Å²) in [5.74, 6) is 0.562. The molecule has 0 bridgehead atoms. The highest BCUT2D eigenvalue weighted by Crippen LogP contribution is 2.19. The lowest BCUT2D eigenvalue weighted by Gasteiger charge is -2.16. The minimum absolute atomic E-state index is 0.212. The number of ether oxygens (including phenoxy) is 1. The molecule has 0 fully saturated rings. The predicted molar refractivity (Wildman–Crippen MR) is 92.5 cm³/mol. The zero-order chi connectivity index (χ0) is 16.7. The third-order valence-electron chi connectivity index (χ3n) is 3.14. The van der Waals surface area contributed by atoms with Crippen LogP contribution in [0.1, 0.15) is 10.4 Å². The fourth-order valence-electron chi connectivity index (χ4n) is 1.95. The molecule has 2 amide bonds. The summed E-state index contributed by atoms with van der Waals surface area (Å²) in [5.41, 5.74) is 0.906. The number of likely N-dealkylation sites (N-methyl/N-ethyl adjacent to an activating group) is 1. The molecule has 1 aliphatic heterocycles. The summed E-state index contributed by atoms with van der Waals surface area (Å²) in [6, 6.07) is 6.93. The Kier molecular flexibility index (Phi) is 6.49. The smallest absolute Gasteiger partial charge is 0.291 e. The molecule has 2 rings (SSSR count). The molecule has 0 saturated carbocycles. The van der Waals surface area contributed by atoms with Gasteiger partial charge in [-0.1, -0.05) is 12.1 Å². The second-order valence-electron chi connectivity index (χ2n) is 5.26. The van der Waals surface area contributed by atoms with Crippen molar-refractivity contribution in [3.63, 3.8) is 0 Å². The van der Waals surface area contributed by atoms with Gasteiger partial charge in [0.25, 0.3) is 11.8 Å². The maximum absolute atomic E-state index is 12.3. The van der Waals surface area contributed by atoms with E-state index in [1.54, 1.807) is 29.7 Å². The van der Waals surface area contributed by atoms with Crippen LogP contribution in [0.15, 0.2) is 35.4 Å². The number of thioether (sulfide) groups is 1. The number of carbonyl (C=O) groups is 2. The van der Waals surface area contributed by atoms with Crippen molar-refractivity contribution >= 4 is 29.3 Å². The van der Waals surface area contributed by atoms with Crippen LogP contribution in [-0.2, 0) is 9.53 Å². The van der Waals surface area contributed by atoms with E-state index in [0.717, 1.165) is 12.3 Å². The summed E-state index contributed by atoms with van der Waals surface area (Å²) in [4.78, 5) is 26.4. The number of nitrogens with zero attached hydrogens (tertiary/aromatic N) is 1. The lowest BCUT2D eigenvalue weighted by Crippen LogP contribution is -2.32. The molecule has 1 aromatic rings. The van der Waals surface area contributed by atoms with Crippen LogP contribution in [0, 0.1) is 0 Å². The van der Waals surface area contributed by atoms with Crippen LogP contribution in [0.2, 0.25) is 0 Å². The maximum atomic E-state index is 12.3. The van der Waals surface area contributed by atoms with Gasteiger partial charge in [0.1, 0.15) is 0 Å². The minimum Gasteiger partial charge on any atom is -0.487 e. The Labute approximate surface area is 140 Å². The van der Waals surface area contributed by atoms with Gasteiger partial charge >= 0.3 is 0 Å². The summed E-state index contributed by atoms with van der Waals surface area (Å²) in [6.45, 7) is 1.80. The van der Waals surface area contributed by atoms with Crippen molar-refractivity contribution < 1.29 is 14.3 Å². The van der Waals surface area contributed by atoms with Crippen molar-refractivity contribution in [1.29, 1.82) is 0 Å². The molecule has 0 atom stereocenters. The van der Waals surface area contributed by atoms with Gasteiger partial charge in [0.05, 0.1) is 17.9 Å². The van der Waals surface area contributed by atoms with Gasteiger partial charge in [0, 0.05) is 24.3 Å². The van der Waals surface area contributed by atoms with E-state index in [4.69, 9.17) is 4.74 Å². The van der Waals surface area contributed by atoms with E-state index < -0.39 is 0 Å². The van der Waals surface area contributed by atoms with Crippen molar-refractivity contribution in [3.05, 3.63) is 41.0 Å². The maximum Gasteiger partial charge on any atom is 0.291 e. The Hall–Kier alpha value is -1.99. The molecule has 0 radical (unpaired) electrons. The number of carbonyl (C=O) groups excluding carboxylic acids is 2. The molecule has 0 unspecified atom stereocenters. The van der Waals surface area contributed by atoms with Gasteiger partial charge in [-0.05, 0) is 26.2 Å². The van der Waals surface area contributed by atoms with Crippen LogP contribution >= 0.6 is 11.8 Å². The normalized spacial score (nSPS) is 14.0. The Bertz CT molecular complexity index is 602. The summed E-state index contributed by atoms with van der Waals surface area (Å²) >= 11 is 1.53. The average Bonchev–Trinajstić information content (AvgIpc) is 2.55. The van der Waals surface area contributed by atoms with Crippen molar-refractivity contribution in [1.82, 2.24) is 10.2 Å². The van der Waals surface area contributed by atoms with Gasteiger partial charge in [-0.2, -0.15) is 0 Å². The van der Waals surface area contributed by atoms with Crippen molar-refractivity contribution in [2.75, 3.05) is 44.9 Å². The second kappa shape index (κ2) is 8.59. The number of amides is 2. The largest absolute Gasteiger partial charge is 0.487 e. The summed E-state index contributed by atoms with van der Waals surface area (Å²) in [5, 5.41) is 7.28. The first-order valence-electron chi connectivity index (χ1n) is 7.36. The second-order valence-corrected chi connectivity index (χ2v) is 6.24. The van der Waals surface area contributed by atoms with Crippen LogP contribution in [0.5, 0.6) is 0 Å². The quantitative estimate of drug-likeness (QED) is 0.825. The Morgan fingerprint density at radius 3 is 2.74 bits per heavy atom. The molecule has 6 nitrogen and oxygen atoms in total. The molecule has 23 heavy (non-hydrogen) atoms. The average molecular weight is 335 g/mol. The fourth-order valence-corrected chi connectivity index (χ4v) is 2.57. The highest BCUT2D eigenvalue weighted by molar-refractivity contribution is 8.02. The lowest BCUT2D eigenvalue weighted by molar-refractivity contribution is -0.116. The van der Waals surface area contributed by atoms with E-state index in [1.165, 1.54) is 11.8 Å². The minimum atomic E-state index is -0.342. The third kappa shape index (κ3) is 5.30. The van der Waals surface area contributed by atoms with E-state index in [0.29, 0.717) is 24.4 Å². The number of hydrogen-bond acceptors (Lipinski definition) is 5. The number of anilines is 1. The molecule has 124 valence electrons. The molecular formula is C16H21N3O3S. The zero-order valence-corrected chi connectivity index (χ0v) is 14.1. The Morgan fingerprint density at radius 1 is 1.26 bits per heavy atom. The first kappa shape index (κ1) is 17.4. The summed E-state index contributed by atoms with van der Waals surface area (Å²) in [6.07, 6.45) is 0. The summed E-state index contributed by atoms with van der Waals surface area (Å²) < 4.78 is 5.33. The molecule has 7 heteroatoms. The van der Waals surface area contributed by atoms with E-state index in [9.17, 15) is 9.59 Å². The van der Waals surface area contributed by atoms with Crippen LogP contribution in [-0.4, -0.2) is 56.3 Å². The van der Waals surface area contributed by atoms with Gasteiger partial charge in [-0.15, -0.1) is 11.8 Å². The van der Waals surface area contributed by atoms with Crippen LogP contribution in [0.25, 0.3) is 0 Å². The Morgan fingerprint density at radius 2 is 2.04 bits per heavy atom. The van der Waals surface area contributed by atoms with E-state index >= 15 is 0 Å². The van der Waals surface area contributed by atoms with Crippen LogP contribution < -0.4 is 10.6 Å². The molecular weight excluding hydrogens is 314 g/mol. The van der Waals surface area contributed by atoms with Gasteiger partial charge in [-0.3, -0.25) is 9.59 Å². The number of benzene rings is 1. The molecule has 1 aliphatic rings. The molecule has 0 saturated heterocycles. The van der Waals surface area contributed by atoms with Crippen LogP contribution in [0.4, 0.5) is 5.69 Å². The molecule has 2 N–H and O–H groups in total. The van der Waals surface area contributed by atoms with Crippen molar-refractivity contribution in [2.45, 2.75) is 0 Å². The van der Waals surface area contributed by atoms with E-state index in [2.05, 4.69) is 10.6 Å². The SMILES string of the molecule is CN(C)CCNC(=O)c1ccccc1NC(=O)C1=CSCCO1. The number of para-hydroxylation sites is 1. The van der Waals surface area contributed by atoms with Crippen molar-refractivity contribution in [3.8, 4) is 0 Å². The molecule has 0 aromatic heterocycles. The van der Waals surface area contributed by atoms with E-state index in [-0.39, 0.29) is 17.6 Å². The zero-order valence-electron chi connectivity index (χ0n) is 13.3. The highest BCUT2D eigenvalue weighted by atomic mass is 32.2. The number of nitrogens with one attached hydrogen (secondary N) is 2. The fraction of sp³-hybridized carbons (Fsp3) is 0.375. The standard InChI is InChI=1S/C16H21N3O3S/c1-19(2)8-7-17-15(20)12-5-3-4-6-13(12)18-16(21)14-11-23-10-9-22-14/h3-6,11H,7-10H2,1-2H3,(H,17,20)(H,18,21). The molecule has 0 aliphatic carbocycles. The Balaban J connectivity index is 2.03. The van der Waals surface area contributed by atoms with Gasteiger partial charge in [-0.25, -0.2) is 0 Å². The van der Waals surface area contributed by atoms with Crippen molar-refractivity contribution in [2.24, 2.45) is 0 Å². The van der Waals surface area contributed by atoms with E-state index in [1.807, 2.05) is 19.0 Å². The monoisotopic (exact) mass is 335 g/mol. The van der Waals surface area contributed by atoms with Gasteiger partial charge in [0.2, 0.25) is 0 Å². The predicted octanol–water partition coefficient (Wildman–Crippen LogP) is 1.52. The third-order valence-corrected chi connectivity index (χ3v) is 3.92. The van der Waals surface area contributed by atoms with Gasteiger partial charge < -0.3 is 20.3 Å². The molecule has 1 aromatic carbocycles. The topological polar surface area (TPSA) is 70.7 Å².